The van der Waals surface area contributed by atoms with Crippen molar-refractivity contribution in [2.75, 3.05) is 19.6 Å². The molecule has 0 radical (unpaired) electrons. The normalized spacial score (nSPS) is 21.6. The molecule has 0 bridgehead atoms. The average Bonchev–Trinajstić information content (AvgIpc) is 3.17. The highest BCUT2D eigenvalue weighted by molar-refractivity contribution is 6.07. The number of nitrogens with zero attached hydrogens (tertiary/aromatic N) is 4. The summed E-state index contributed by atoms with van der Waals surface area (Å²) in [5.74, 6) is 0.699. The molecule has 1 saturated carbocycles. The Morgan fingerprint density at radius 2 is 1.91 bits per heavy atom. The molecule has 2 aromatic heterocycles. The number of H-pyrrole nitrogens is 1. The van der Waals surface area contributed by atoms with E-state index in [-0.39, 0.29) is 29.9 Å². The number of carbonyl (C=O) groups is 1. The van der Waals surface area contributed by atoms with Gasteiger partial charge in [-0.1, -0.05) is 13.3 Å². The zero-order chi connectivity index (χ0) is 23.3. The SMILES string of the molecule is CCCN1C[C@H](C)N(C(=O)c2cc3c(cc2C)[nH]c(=O)c2cnn(CC4CCC4)c23)C[C@H]1C.Cl. The molecule has 34 heavy (non-hydrogen) atoms. The highest BCUT2D eigenvalue weighted by Crippen LogP contribution is 2.31. The lowest BCUT2D eigenvalue weighted by molar-refractivity contribution is 0.0318. The minimum atomic E-state index is -0.120. The van der Waals surface area contributed by atoms with Crippen molar-refractivity contribution in [1.29, 1.82) is 0 Å². The van der Waals surface area contributed by atoms with E-state index >= 15 is 0 Å². The minimum absolute atomic E-state index is 0. The summed E-state index contributed by atoms with van der Waals surface area (Å²) in [6.45, 7) is 12.0. The highest BCUT2D eigenvalue weighted by Gasteiger charge is 2.32. The van der Waals surface area contributed by atoms with Crippen LogP contribution in [0.4, 0.5) is 0 Å². The molecule has 2 fully saturated rings. The summed E-state index contributed by atoms with van der Waals surface area (Å²) in [5, 5.41) is 6.06. The van der Waals surface area contributed by atoms with Crippen LogP contribution < -0.4 is 5.56 Å². The number of amides is 1. The second-order valence-corrected chi connectivity index (χ2v) is 10.2. The third-order valence-electron chi connectivity index (χ3n) is 7.72. The summed E-state index contributed by atoms with van der Waals surface area (Å²) in [4.78, 5) is 34.0. The lowest BCUT2D eigenvalue weighted by Gasteiger charge is -2.44. The molecular formula is C26H36ClN5O2. The Bertz CT molecular complexity index is 1260. The number of nitrogens with one attached hydrogen (secondary N) is 1. The van der Waals surface area contributed by atoms with Gasteiger partial charge in [0.1, 0.15) is 0 Å². The Morgan fingerprint density at radius 3 is 2.59 bits per heavy atom. The second-order valence-electron chi connectivity index (χ2n) is 10.2. The maximum absolute atomic E-state index is 13.8. The molecule has 1 aliphatic heterocycles. The summed E-state index contributed by atoms with van der Waals surface area (Å²) in [7, 11) is 0. The number of aromatic nitrogens is 3. The second kappa shape index (κ2) is 9.70. The molecule has 1 aromatic carbocycles. The van der Waals surface area contributed by atoms with E-state index in [1.807, 2.05) is 28.6 Å². The van der Waals surface area contributed by atoms with Crippen LogP contribution in [-0.2, 0) is 6.54 Å². The molecule has 5 rings (SSSR count). The zero-order valence-electron chi connectivity index (χ0n) is 20.6. The van der Waals surface area contributed by atoms with Crippen LogP contribution in [-0.4, -0.2) is 62.2 Å². The standard InChI is InChI=1S/C26H35N5O2.ClH/c1-5-9-29-13-18(4)30(14-17(29)3)26(33)20-11-21-23(10-16(20)2)28-25(32)22-12-27-31(24(21)22)15-19-7-6-8-19;/h10-12,17-19H,5-9,13-15H2,1-4H3,(H,28,32);1H/t17-,18+;/m1./s1. The van der Waals surface area contributed by atoms with Gasteiger partial charge in [-0.3, -0.25) is 19.2 Å². The van der Waals surface area contributed by atoms with Gasteiger partial charge in [0, 0.05) is 42.7 Å². The summed E-state index contributed by atoms with van der Waals surface area (Å²) >= 11 is 0. The molecule has 0 spiro atoms. The van der Waals surface area contributed by atoms with E-state index in [2.05, 4.69) is 35.8 Å². The Morgan fingerprint density at radius 1 is 1.15 bits per heavy atom. The Hall–Kier alpha value is -2.38. The molecule has 3 heterocycles. The maximum atomic E-state index is 13.8. The summed E-state index contributed by atoms with van der Waals surface area (Å²) in [6.07, 6.45) is 6.49. The lowest BCUT2D eigenvalue weighted by atomic mass is 9.85. The van der Waals surface area contributed by atoms with Crippen molar-refractivity contribution in [2.24, 2.45) is 5.92 Å². The van der Waals surface area contributed by atoms with Gasteiger partial charge in [0.05, 0.1) is 22.6 Å². The van der Waals surface area contributed by atoms with Gasteiger partial charge in [0.2, 0.25) is 0 Å². The number of pyridine rings is 1. The number of rotatable bonds is 5. The smallest absolute Gasteiger partial charge is 0.259 e. The van der Waals surface area contributed by atoms with Crippen molar-refractivity contribution in [3.05, 3.63) is 39.8 Å². The van der Waals surface area contributed by atoms with Crippen LogP contribution in [0.25, 0.3) is 21.8 Å². The Kier molecular flexibility index (Phi) is 7.06. The van der Waals surface area contributed by atoms with Crippen LogP contribution in [0.5, 0.6) is 0 Å². The summed E-state index contributed by atoms with van der Waals surface area (Å²) in [5.41, 5.74) is 3.11. The van der Waals surface area contributed by atoms with Crippen LogP contribution in [0.2, 0.25) is 0 Å². The number of hydrogen-bond donors (Lipinski definition) is 1. The largest absolute Gasteiger partial charge is 0.333 e. The molecule has 1 amide bonds. The summed E-state index contributed by atoms with van der Waals surface area (Å²) in [6, 6.07) is 4.44. The van der Waals surface area contributed by atoms with Crippen molar-refractivity contribution >= 4 is 40.1 Å². The van der Waals surface area contributed by atoms with Gasteiger partial charge in [0.25, 0.3) is 11.5 Å². The Balaban J connectivity index is 0.00000274. The van der Waals surface area contributed by atoms with Gasteiger partial charge < -0.3 is 9.88 Å². The predicted octanol–water partition coefficient (Wildman–Crippen LogP) is 4.35. The van der Waals surface area contributed by atoms with E-state index in [9.17, 15) is 9.59 Å². The number of carbonyl (C=O) groups excluding carboxylic acids is 1. The molecule has 8 heteroatoms. The first kappa shape index (κ1) is 24.7. The van der Waals surface area contributed by atoms with Crippen molar-refractivity contribution in [3.8, 4) is 0 Å². The number of benzene rings is 1. The van der Waals surface area contributed by atoms with Crippen LogP contribution in [0, 0.1) is 12.8 Å². The lowest BCUT2D eigenvalue weighted by Crippen LogP contribution is -2.58. The molecular weight excluding hydrogens is 450 g/mol. The van der Waals surface area contributed by atoms with Crippen LogP contribution in [0.15, 0.2) is 23.1 Å². The van der Waals surface area contributed by atoms with Gasteiger partial charge in [-0.05, 0) is 70.2 Å². The monoisotopic (exact) mass is 485 g/mol. The van der Waals surface area contributed by atoms with Gasteiger partial charge >= 0.3 is 0 Å². The molecule has 1 N–H and O–H groups in total. The number of fused-ring (bicyclic) bond motifs is 3. The van der Waals surface area contributed by atoms with Crippen molar-refractivity contribution in [1.82, 2.24) is 24.6 Å². The number of aryl methyl sites for hydroxylation is 1. The first-order valence-electron chi connectivity index (χ1n) is 12.4. The fourth-order valence-electron chi connectivity index (χ4n) is 5.56. The predicted molar refractivity (Wildman–Crippen MR) is 139 cm³/mol. The van der Waals surface area contributed by atoms with Crippen molar-refractivity contribution in [2.45, 2.75) is 72.0 Å². The van der Waals surface area contributed by atoms with Gasteiger partial charge in [-0.2, -0.15) is 5.10 Å². The van der Waals surface area contributed by atoms with Crippen molar-refractivity contribution < 1.29 is 4.79 Å². The molecule has 2 atom stereocenters. The van der Waals surface area contributed by atoms with E-state index in [1.54, 1.807) is 6.20 Å². The molecule has 184 valence electrons. The number of hydrogen-bond acceptors (Lipinski definition) is 4. The van der Waals surface area contributed by atoms with E-state index < -0.39 is 0 Å². The number of aromatic amines is 1. The Labute approximate surface area is 206 Å². The molecule has 3 aromatic rings. The van der Waals surface area contributed by atoms with E-state index in [1.165, 1.54) is 19.3 Å². The molecule has 2 aliphatic rings. The van der Waals surface area contributed by atoms with Crippen LogP contribution in [0.3, 0.4) is 0 Å². The maximum Gasteiger partial charge on any atom is 0.259 e. The zero-order valence-corrected chi connectivity index (χ0v) is 21.5. The fourth-order valence-corrected chi connectivity index (χ4v) is 5.56. The van der Waals surface area contributed by atoms with Crippen LogP contribution >= 0.6 is 12.4 Å². The average molecular weight is 486 g/mol. The summed E-state index contributed by atoms with van der Waals surface area (Å²) < 4.78 is 1.98. The number of halogens is 1. The van der Waals surface area contributed by atoms with Gasteiger partial charge in [-0.15, -0.1) is 12.4 Å². The molecule has 1 aliphatic carbocycles. The highest BCUT2D eigenvalue weighted by atomic mass is 35.5. The quantitative estimate of drug-likeness (QED) is 0.583. The molecule has 1 saturated heterocycles. The molecule has 7 nitrogen and oxygen atoms in total. The fraction of sp³-hybridized carbons (Fsp3) is 0.577. The first-order valence-corrected chi connectivity index (χ1v) is 12.4. The molecule has 0 unspecified atom stereocenters. The minimum Gasteiger partial charge on any atom is -0.333 e. The topological polar surface area (TPSA) is 74.2 Å². The first-order chi connectivity index (χ1) is 15.9. The third kappa shape index (κ3) is 4.24. The third-order valence-corrected chi connectivity index (χ3v) is 7.72. The van der Waals surface area contributed by atoms with Gasteiger partial charge in [-0.25, -0.2) is 0 Å². The van der Waals surface area contributed by atoms with E-state index in [4.69, 9.17) is 0 Å². The van der Waals surface area contributed by atoms with E-state index in [0.717, 1.165) is 60.1 Å². The number of piperazine rings is 1. The van der Waals surface area contributed by atoms with Crippen molar-refractivity contribution in [3.63, 3.8) is 0 Å². The van der Waals surface area contributed by atoms with E-state index in [0.29, 0.717) is 17.3 Å². The van der Waals surface area contributed by atoms with Gasteiger partial charge in [0.15, 0.2) is 0 Å². The van der Waals surface area contributed by atoms with Crippen LogP contribution in [0.1, 0.15) is 62.4 Å².